The molecule has 1 N–H and O–H groups in total. The number of Topliss-reactive ketones (excluding diaryl/α,β-unsaturated/α-hetero) is 1. The van der Waals surface area contributed by atoms with Gasteiger partial charge in [-0.25, -0.2) is 0 Å². The van der Waals surface area contributed by atoms with Gasteiger partial charge >= 0.3 is 0 Å². The van der Waals surface area contributed by atoms with Crippen LogP contribution in [0.25, 0.3) is 6.08 Å². The van der Waals surface area contributed by atoms with E-state index in [0.717, 1.165) is 13.1 Å². The van der Waals surface area contributed by atoms with Crippen LogP contribution in [0.3, 0.4) is 0 Å². The molecule has 0 unspecified atom stereocenters. The monoisotopic (exact) mass is 368 g/mol. The van der Waals surface area contributed by atoms with Crippen molar-refractivity contribution in [2.24, 2.45) is 0 Å². The summed E-state index contributed by atoms with van der Waals surface area (Å²) in [4.78, 5) is 25.0. The summed E-state index contributed by atoms with van der Waals surface area (Å²) < 4.78 is 5.79. The highest BCUT2D eigenvalue weighted by Crippen LogP contribution is 2.40. The van der Waals surface area contributed by atoms with Gasteiger partial charge in [-0.1, -0.05) is 13.8 Å². The average molecular weight is 368 g/mol. The van der Waals surface area contributed by atoms with Gasteiger partial charge in [0.25, 0.3) is 5.69 Å². The van der Waals surface area contributed by atoms with Gasteiger partial charge in [-0.15, -0.1) is 0 Å². The molecule has 2 aromatic rings. The number of rotatable bonds is 6. The fourth-order valence-electron chi connectivity index (χ4n) is 2.96. The summed E-state index contributed by atoms with van der Waals surface area (Å²) >= 11 is 0. The molecule has 0 fully saturated rings. The van der Waals surface area contributed by atoms with E-state index in [4.69, 9.17) is 4.74 Å². The maximum absolute atomic E-state index is 12.7. The number of hydrogen-bond acceptors (Lipinski definition) is 6. The van der Waals surface area contributed by atoms with Crippen LogP contribution in [0.4, 0.5) is 5.69 Å². The van der Waals surface area contributed by atoms with Crippen molar-refractivity contribution in [3.8, 4) is 11.5 Å². The molecule has 0 spiro atoms. The van der Waals surface area contributed by atoms with E-state index in [-0.39, 0.29) is 23.0 Å². The van der Waals surface area contributed by atoms with Gasteiger partial charge in [0.15, 0.2) is 5.76 Å². The van der Waals surface area contributed by atoms with E-state index >= 15 is 0 Å². The lowest BCUT2D eigenvalue weighted by atomic mass is 10.0. The molecule has 7 nitrogen and oxygen atoms in total. The third-order valence-electron chi connectivity index (χ3n) is 4.59. The third-order valence-corrected chi connectivity index (χ3v) is 4.59. The Hall–Kier alpha value is -3.19. The van der Waals surface area contributed by atoms with E-state index in [1.165, 1.54) is 18.2 Å². The first-order valence-corrected chi connectivity index (χ1v) is 8.70. The quantitative estimate of drug-likeness (QED) is 0.474. The maximum Gasteiger partial charge on any atom is 0.269 e. The van der Waals surface area contributed by atoms with Gasteiger partial charge in [0.05, 0.1) is 16.1 Å². The molecular formula is C20H20N2O5. The molecule has 0 aromatic heterocycles. The predicted octanol–water partition coefficient (Wildman–Crippen LogP) is 3.76. The Balaban J connectivity index is 1.93. The number of ketones is 1. The molecular weight excluding hydrogens is 348 g/mol. The van der Waals surface area contributed by atoms with Crippen molar-refractivity contribution in [3.05, 3.63) is 69.0 Å². The first-order chi connectivity index (χ1) is 12.9. The number of nitro benzene ring substituents is 1. The second-order valence-corrected chi connectivity index (χ2v) is 6.19. The lowest BCUT2D eigenvalue weighted by molar-refractivity contribution is -0.384. The molecule has 0 saturated heterocycles. The van der Waals surface area contributed by atoms with Crippen LogP contribution in [-0.2, 0) is 6.54 Å². The minimum Gasteiger partial charge on any atom is -0.507 e. The van der Waals surface area contributed by atoms with E-state index in [1.807, 2.05) is 13.8 Å². The highest BCUT2D eigenvalue weighted by Gasteiger charge is 2.31. The van der Waals surface area contributed by atoms with Crippen LogP contribution in [-0.4, -0.2) is 33.8 Å². The molecule has 1 aliphatic rings. The zero-order valence-corrected chi connectivity index (χ0v) is 15.1. The Morgan fingerprint density at radius 1 is 1.15 bits per heavy atom. The van der Waals surface area contributed by atoms with Crippen molar-refractivity contribution in [3.63, 3.8) is 0 Å². The van der Waals surface area contributed by atoms with Gasteiger partial charge in [0, 0.05) is 18.7 Å². The number of nitro groups is 1. The van der Waals surface area contributed by atoms with E-state index < -0.39 is 4.92 Å². The van der Waals surface area contributed by atoms with Gasteiger partial charge in [-0.05, 0) is 49.0 Å². The molecule has 1 heterocycles. The number of non-ortho nitro benzene ring substituents is 1. The van der Waals surface area contributed by atoms with Crippen LogP contribution < -0.4 is 4.74 Å². The largest absolute Gasteiger partial charge is 0.507 e. The average Bonchev–Trinajstić information content (AvgIpc) is 2.97. The number of nitrogens with zero attached hydrogens (tertiary/aromatic N) is 2. The van der Waals surface area contributed by atoms with Crippen LogP contribution in [0.15, 0.2) is 42.2 Å². The first kappa shape index (κ1) is 18.6. The standard InChI is InChI=1S/C20H20N2O5/c1-3-21(4-2)12-16-17(23)10-9-15-19(24)18(27-20(15)16)11-13-5-7-14(8-6-13)22(25)26/h5-11,23H,3-4,12H2,1-2H3/b18-11+. The van der Waals surface area contributed by atoms with Crippen molar-refractivity contribution in [1.29, 1.82) is 0 Å². The second kappa shape index (κ2) is 7.59. The number of benzene rings is 2. The smallest absolute Gasteiger partial charge is 0.269 e. The number of fused-ring (bicyclic) bond motifs is 1. The van der Waals surface area contributed by atoms with Crippen molar-refractivity contribution >= 4 is 17.5 Å². The minimum atomic E-state index is -0.480. The van der Waals surface area contributed by atoms with E-state index in [0.29, 0.717) is 29.0 Å². The summed E-state index contributed by atoms with van der Waals surface area (Å²) in [5.41, 5.74) is 1.58. The van der Waals surface area contributed by atoms with E-state index in [9.17, 15) is 20.0 Å². The fourth-order valence-corrected chi connectivity index (χ4v) is 2.96. The molecule has 1 aliphatic heterocycles. The molecule has 0 saturated carbocycles. The van der Waals surface area contributed by atoms with Gasteiger partial charge in [0.2, 0.25) is 5.78 Å². The molecule has 0 aliphatic carbocycles. The Kier molecular flexibility index (Phi) is 5.23. The number of phenolic OH excluding ortho intramolecular Hbond substituents is 1. The minimum absolute atomic E-state index is 0.0227. The third kappa shape index (κ3) is 3.68. The van der Waals surface area contributed by atoms with Gasteiger partial charge in [-0.2, -0.15) is 0 Å². The Morgan fingerprint density at radius 3 is 2.41 bits per heavy atom. The van der Waals surface area contributed by atoms with Gasteiger partial charge in [0.1, 0.15) is 11.5 Å². The topological polar surface area (TPSA) is 92.9 Å². The molecule has 0 radical (unpaired) electrons. The number of allylic oxidation sites excluding steroid dienone is 1. The molecule has 7 heteroatoms. The fraction of sp³-hybridized carbons (Fsp3) is 0.250. The van der Waals surface area contributed by atoms with Crippen molar-refractivity contribution in [1.82, 2.24) is 4.90 Å². The lowest BCUT2D eigenvalue weighted by Crippen LogP contribution is -2.22. The highest BCUT2D eigenvalue weighted by atomic mass is 16.6. The van der Waals surface area contributed by atoms with Crippen LogP contribution in [0.2, 0.25) is 0 Å². The number of carbonyl (C=O) groups is 1. The molecule has 0 bridgehead atoms. The molecule has 3 rings (SSSR count). The molecule has 27 heavy (non-hydrogen) atoms. The van der Waals surface area contributed by atoms with Crippen molar-refractivity contribution in [2.45, 2.75) is 20.4 Å². The van der Waals surface area contributed by atoms with Crippen molar-refractivity contribution < 1.29 is 19.6 Å². The van der Waals surface area contributed by atoms with Crippen LogP contribution >= 0.6 is 0 Å². The maximum atomic E-state index is 12.7. The Bertz CT molecular complexity index is 915. The normalized spacial score (nSPS) is 14.5. The number of ether oxygens (including phenoxy) is 1. The van der Waals surface area contributed by atoms with Crippen LogP contribution in [0.1, 0.15) is 35.3 Å². The van der Waals surface area contributed by atoms with E-state index in [2.05, 4.69) is 4.90 Å². The van der Waals surface area contributed by atoms with Gasteiger partial charge in [-0.3, -0.25) is 19.8 Å². The number of carbonyl (C=O) groups excluding carboxylic acids is 1. The summed E-state index contributed by atoms with van der Waals surface area (Å²) in [6, 6.07) is 8.91. The summed E-state index contributed by atoms with van der Waals surface area (Å²) in [6.45, 7) is 6.13. The first-order valence-electron chi connectivity index (χ1n) is 8.70. The summed E-state index contributed by atoms with van der Waals surface area (Å²) in [6.07, 6.45) is 1.55. The summed E-state index contributed by atoms with van der Waals surface area (Å²) in [7, 11) is 0. The van der Waals surface area contributed by atoms with E-state index in [1.54, 1.807) is 24.3 Å². The number of phenols is 1. The SMILES string of the molecule is CCN(CC)Cc1c(O)ccc2c1O/C(=C/c1ccc([N+](=O)[O-])cc1)C2=O. The van der Waals surface area contributed by atoms with Crippen LogP contribution in [0, 0.1) is 10.1 Å². The highest BCUT2D eigenvalue weighted by molar-refractivity contribution is 6.15. The number of aromatic hydroxyl groups is 1. The predicted molar refractivity (Wildman–Crippen MR) is 101 cm³/mol. The molecule has 0 atom stereocenters. The van der Waals surface area contributed by atoms with Gasteiger partial charge < -0.3 is 9.84 Å². The second-order valence-electron chi connectivity index (χ2n) is 6.19. The Labute approximate surface area is 156 Å². The zero-order valence-electron chi connectivity index (χ0n) is 15.1. The molecule has 140 valence electrons. The van der Waals surface area contributed by atoms with Crippen molar-refractivity contribution in [2.75, 3.05) is 13.1 Å². The zero-order chi connectivity index (χ0) is 19.6. The molecule has 2 aromatic carbocycles. The number of hydrogen-bond donors (Lipinski definition) is 1. The Morgan fingerprint density at radius 2 is 1.81 bits per heavy atom. The summed E-state index contributed by atoms with van der Waals surface area (Å²) in [5, 5.41) is 21.0. The lowest BCUT2D eigenvalue weighted by Gasteiger charge is -2.20. The van der Waals surface area contributed by atoms with Crippen LogP contribution in [0.5, 0.6) is 11.5 Å². The molecule has 0 amide bonds. The summed E-state index contributed by atoms with van der Waals surface area (Å²) in [5.74, 6) is 0.319.